The topological polar surface area (TPSA) is 32.8 Å². The lowest BCUT2D eigenvalue weighted by atomic mass is 9.91. The predicted molar refractivity (Wildman–Crippen MR) is 299 cm³/mol. The van der Waals surface area contributed by atoms with Crippen molar-refractivity contribution in [2.75, 3.05) is 9.80 Å². The van der Waals surface area contributed by atoms with E-state index in [4.69, 9.17) is 8.83 Å². The lowest BCUT2D eigenvalue weighted by molar-refractivity contribution is 0.604. The SMILES string of the molecule is C=Cc1oc2c(N(c3ccccc3-c3ccccc3)c3ccc4ccc5c(N(c6ccccc6-c6ccccc6)c6cccc7c6oc6ccccc67)ccc6ccc3c4c65)cccc2c1C=C.CC. The van der Waals surface area contributed by atoms with Gasteiger partial charge in [-0.05, 0) is 81.2 Å². The van der Waals surface area contributed by atoms with E-state index in [1.54, 1.807) is 6.08 Å². The highest BCUT2D eigenvalue weighted by molar-refractivity contribution is 6.29. The number of rotatable bonds is 10. The standard InChI is InChI=1S/C64H42N2O2.C2H6/c1-3-45-49-26-17-30-57(63(49)67-59(45)4-2)65(53-28-14-11-23-46(53)41-19-7-5-8-20-41)55-39-35-43-34-38-52-56(40-36-44-33-37-51(55)61(43)62(44)52)66(54-29-15-12-24-47(54)42-21-9-6-10-22-42)58-31-18-27-50-48-25-13-16-32-60(48)68-64(50)58;1-2/h3-40H,1-2H2;1-2H3. The van der Waals surface area contributed by atoms with E-state index in [2.05, 4.69) is 235 Å². The first kappa shape index (κ1) is 42.2. The maximum absolute atomic E-state index is 6.83. The highest BCUT2D eigenvalue weighted by Crippen LogP contribution is 2.52. The molecule has 0 fully saturated rings. The van der Waals surface area contributed by atoms with Crippen LogP contribution in [0.4, 0.5) is 34.1 Å². The molecule has 0 bridgehead atoms. The van der Waals surface area contributed by atoms with Crippen LogP contribution in [-0.2, 0) is 0 Å². The molecule has 70 heavy (non-hydrogen) atoms. The molecular formula is C66H48N2O2. The number of para-hydroxylation sites is 5. The van der Waals surface area contributed by atoms with Crippen molar-refractivity contribution in [1.29, 1.82) is 0 Å². The number of hydrogen-bond donors (Lipinski definition) is 0. The van der Waals surface area contributed by atoms with Gasteiger partial charge in [-0.25, -0.2) is 0 Å². The molecule has 0 N–H and O–H groups in total. The van der Waals surface area contributed by atoms with Gasteiger partial charge in [0.05, 0.1) is 34.1 Å². The molecule has 0 radical (unpaired) electrons. The molecule has 4 nitrogen and oxygen atoms in total. The maximum Gasteiger partial charge on any atom is 0.159 e. The fourth-order valence-corrected chi connectivity index (χ4v) is 10.6. The van der Waals surface area contributed by atoms with Gasteiger partial charge in [-0.2, -0.15) is 0 Å². The molecule has 334 valence electrons. The first-order valence-corrected chi connectivity index (χ1v) is 24.0. The number of nitrogens with zero attached hydrogens (tertiary/aromatic N) is 2. The fraction of sp³-hybridized carbons (Fsp3) is 0.0303. The van der Waals surface area contributed by atoms with Crippen molar-refractivity contribution >= 4 is 112 Å². The summed E-state index contributed by atoms with van der Waals surface area (Å²) >= 11 is 0. The summed E-state index contributed by atoms with van der Waals surface area (Å²) < 4.78 is 13.6. The van der Waals surface area contributed by atoms with Gasteiger partial charge < -0.3 is 18.6 Å². The molecule has 0 aliphatic carbocycles. The summed E-state index contributed by atoms with van der Waals surface area (Å²) in [6.45, 7) is 12.3. The molecular weight excluding hydrogens is 853 g/mol. The third kappa shape index (κ3) is 6.68. The average molecular weight is 901 g/mol. The van der Waals surface area contributed by atoms with E-state index in [1.807, 2.05) is 26.0 Å². The van der Waals surface area contributed by atoms with Crippen molar-refractivity contribution in [3.63, 3.8) is 0 Å². The first-order chi connectivity index (χ1) is 34.7. The molecule has 13 rings (SSSR count). The number of fused-ring (bicyclic) bond motifs is 4. The molecule has 13 aromatic rings. The third-order valence-electron chi connectivity index (χ3n) is 13.6. The minimum atomic E-state index is 0.693. The molecule has 0 spiro atoms. The molecule has 0 saturated heterocycles. The summed E-state index contributed by atoms with van der Waals surface area (Å²) in [5, 5.41) is 10.1. The van der Waals surface area contributed by atoms with Crippen LogP contribution in [0.1, 0.15) is 25.2 Å². The molecule has 0 amide bonds. The van der Waals surface area contributed by atoms with Crippen LogP contribution in [0.25, 0.3) is 99.6 Å². The summed E-state index contributed by atoms with van der Waals surface area (Å²) in [5.41, 5.74) is 13.9. The second-order valence-electron chi connectivity index (χ2n) is 17.2. The third-order valence-corrected chi connectivity index (χ3v) is 13.6. The number of hydrogen-bond acceptors (Lipinski definition) is 4. The molecule has 2 aromatic heterocycles. The lowest BCUT2D eigenvalue weighted by Gasteiger charge is -2.31. The van der Waals surface area contributed by atoms with Gasteiger partial charge in [-0.1, -0.05) is 209 Å². The summed E-state index contributed by atoms with van der Waals surface area (Å²) in [6, 6.07) is 78.1. The average Bonchev–Trinajstić information content (AvgIpc) is 4.01. The summed E-state index contributed by atoms with van der Waals surface area (Å²) in [5.74, 6) is 0.693. The second-order valence-corrected chi connectivity index (χ2v) is 17.2. The molecule has 4 heteroatoms. The molecule has 11 aromatic carbocycles. The Hall–Kier alpha value is -9.12. The number of benzene rings is 11. The predicted octanol–water partition coefficient (Wildman–Crippen LogP) is 19.8. The van der Waals surface area contributed by atoms with Crippen molar-refractivity contribution in [3.8, 4) is 22.3 Å². The van der Waals surface area contributed by atoms with Crippen LogP contribution in [-0.4, -0.2) is 0 Å². The minimum Gasteiger partial charge on any atom is -0.454 e. The van der Waals surface area contributed by atoms with E-state index in [0.717, 1.165) is 116 Å². The van der Waals surface area contributed by atoms with Crippen LogP contribution in [0.2, 0.25) is 0 Å². The zero-order valence-electron chi connectivity index (χ0n) is 39.1. The molecule has 0 atom stereocenters. The molecule has 0 aliphatic rings. The zero-order valence-corrected chi connectivity index (χ0v) is 39.1. The quantitative estimate of drug-likeness (QED) is 0.128. The molecule has 0 unspecified atom stereocenters. The van der Waals surface area contributed by atoms with Crippen molar-refractivity contribution in [3.05, 3.63) is 243 Å². The number of furan rings is 2. The van der Waals surface area contributed by atoms with Gasteiger partial charge in [0, 0.05) is 43.6 Å². The lowest BCUT2D eigenvalue weighted by Crippen LogP contribution is -2.13. The fourth-order valence-electron chi connectivity index (χ4n) is 10.6. The van der Waals surface area contributed by atoms with E-state index in [0.29, 0.717) is 5.76 Å². The Kier molecular flexibility index (Phi) is 10.6. The van der Waals surface area contributed by atoms with Crippen LogP contribution >= 0.6 is 0 Å². The van der Waals surface area contributed by atoms with Crippen molar-refractivity contribution < 1.29 is 8.83 Å². The van der Waals surface area contributed by atoms with Gasteiger partial charge in [0.2, 0.25) is 0 Å². The smallest absolute Gasteiger partial charge is 0.159 e. The van der Waals surface area contributed by atoms with Crippen molar-refractivity contribution in [2.24, 2.45) is 0 Å². The summed E-state index contributed by atoms with van der Waals surface area (Å²) in [6.07, 6.45) is 3.63. The second kappa shape index (κ2) is 17.5. The Morgan fingerprint density at radius 3 is 1.33 bits per heavy atom. The van der Waals surface area contributed by atoms with Crippen molar-refractivity contribution in [1.82, 2.24) is 0 Å². The van der Waals surface area contributed by atoms with Crippen molar-refractivity contribution in [2.45, 2.75) is 13.8 Å². The zero-order chi connectivity index (χ0) is 47.3. The number of anilines is 6. The van der Waals surface area contributed by atoms with Gasteiger partial charge in [0.1, 0.15) is 11.3 Å². The maximum atomic E-state index is 6.83. The Morgan fingerprint density at radius 1 is 0.343 bits per heavy atom. The van der Waals surface area contributed by atoms with E-state index in [-0.39, 0.29) is 0 Å². The Morgan fingerprint density at radius 2 is 0.786 bits per heavy atom. The first-order valence-electron chi connectivity index (χ1n) is 24.0. The Balaban J connectivity index is 0.00000249. The monoisotopic (exact) mass is 900 g/mol. The Labute approximate surface area is 407 Å². The minimum absolute atomic E-state index is 0.693. The molecule has 0 saturated carbocycles. The van der Waals surface area contributed by atoms with Crippen LogP contribution in [0.3, 0.4) is 0 Å². The summed E-state index contributed by atoms with van der Waals surface area (Å²) in [4.78, 5) is 4.79. The van der Waals surface area contributed by atoms with Gasteiger partial charge in [0.15, 0.2) is 11.2 Å². The largest absolute Gasteiger partial charge is 0.454 e. The van der Waals surface area contributed by atoms with Crippen LogP contribution in [0, 0.1) is 0 Å². The summed E-state index contributed by atoms with van der Waals surface area (Å²) in [7, 11) is 0. The van der Waals surface area contributed by atoms with Crippen LogP contribution < -0.4 is 9.80 Å². The van der Waals surface area contributed by atoms with E-state index >= 15 is 0 Å². The highest BCUT2D eigenvalue weighted by Gasteiger charge is 2.28. The molecule has 2 heterocycles. The normalized spacial score (nSPS) is 11.4. The van der Waals surface area contributed by atoms with Gasteiger partial charge in [-0.3, -0.25) is 0 Å². The van der Waals surface area contributed by atoms with Crippen LogP contribution in [0.15, 0.2) is 240 Å². The van der Waals surface area contributed by atoms with Gasteiger partial charge >= 0.3 is 0 Å². The van der Waals surface area contributed by atoms with E-state index < -0.39 is 0 Å². The van der Waals surface area contributed by atoms with Gasteiger partial charge in [0.25, 0.3) is 0 Å². The highest BCUT2D eigenvalue weighted by atomic mass is 16.3. The van der Waals surface area contributed by atoms with Crippen LogP contribution in [0.5, 0.6) is 0 Å². The van der Waals surface area contributed by atoms with E-state index in [9.17, 15) is 0 Å². The van der Waals surface area contributed by atoms with E-state index in [1.165, 1.54) is 10.8 Å². The van der Waals surface area contributed by atoms with Gasteiger partial charge in [-0.15, -0.1) is 0 Å². The Bertz CT molecular complexity index is 4090. The molecule has 0 aliphatic heterocycles.